The summed E-state index contributed by atoms with van der Waals surface area (Å²) in [6, 6.07) is 2.86. The van der Waals surface area contributed by atoms with Gasteiger partial charge in [-0.15, -0.1) is 0 Å². The summed E-state index contributed by atoms with van der Waals surface area (Å²) in [5.74, 6) is 0. The van der Waals surface area contributed by atoms with Crippen LogP contribution in [0.2, 0.25) is 0 Å². The summed E-state index contributed by atoms with van der Waals surface area (Å²) >= 11 is 0. The molecule has 110 valence electrons. The average Bonchev–Trinajstić information content (AvgIpc) is 2.39. The first kappa shape index (κ1) is 14.7. The summed E-state index contributed by atoms with van der Waals surface area (Å²) in [4.78, 5) is 11.3. The Morgan fingerprint density at radius 3 is 2.20 bits per heavy atom. The number of nitro groups is 1. The van der Waals surface area contributed by atoms with Gasteiger partial charge in [0.05, 0.1) is 4.92 Å². The monoisotopic (exact) mass is 289 g/mol. The fourth-order valence-electron chi connectivity index (χ4n) is 2.33. The second kappa shape index (κ2) is 5.76. The zero-order chi connectivity index (χ0) is 14.8. The minimum Gasteiger partial charge on any atom is -0.314 e. The van der Waals surface area contributed by atoms with Crippen molar-refractivity contribution in [2.24, 2.45) is 0 Å². The lowest BCUT2D eigenvalue weighted by molar-refractivity contribution is -0.384. The second-order valence-electron chi connectivity index (χ2n) is 4.58. The Bertz CT molecular complexity index is 470. The van der Waals surface area contributed by atoms with E-state index in [4.69, 9.17) is 0 Å². The standard InChI is InChI=1S/C12H14F3N3O2/c13-12(14,15)11(17-7-5-16-6-8-17)9-1-3-10(4-2-9)18(19)20/h1-4,11,16H,5-8H2/t11-/m1/s1. The maximum absolute atomic E-state index is 13.3. The van der Waals surface area contributed by atoms with Crippen LogP contribution in [0.25, 0.3) is 0 Å². The fraction of sp³-hybridized carbons (Fsp3) is 0.500. The molecule has 0 aliphatic carbocycles. The average molecular weight is 289 g/mol. The number of non-ortho nitro benzene ring substituents is 1. The Morgan fingerprint density at radius 2 is 1.75 bits per heavy atom. The lowest BCUT2D eigenvalue weighted by Crippen LogP contribution is -2.49. The van der Waals surface area contributed by atoms with Gasteiger partial charge in [-0.25, -0.2) is 0 Å². The van der Waals surface area contributed by atoms with Gasteiger partial charge in [0.15, 0.2) is 0 Å². The number of nitrogens with one attached hydrogen (secondary N) is 1. The number of nitro benzene ring substituents is 1. The number of benzene rings is 1. The number of halogens is 3. The van der Waals surface area contributed by atoms with Crippen molar-refractivity contribution in [2.45, 2.75) is 12.2 Å². The Kier molecular flexibility index (Phi) is 4.24. The largest absolute Gasteiger partial charge is 0.408 e. The minimum absolute atomic E-state index is 0.0324. The summed E-state index contributed by atoms with van der Waals surface area (Å²) < 4.78 is 39.8. The normalized spacial score (nSPS) is 18.8. The molecule has 0 saturated carbocycles. The van der Waals surface area contributed by atoms with Crippen molar-refractivity contribution in [3.05, 3.63) is 39.9 Å². The number of hydrogen-bond acceptors (Lipinski definition) is 4. The van der Waals surface area contributed by atoms with Gasteiger partial charge in [-0.3, -0.25) is 15.0 Å². The van der Waals surface area contributed by atoms with E-state index < -0.39 is 17.1 Å². The summed E-state index contributed by atoms with van der Waals surface area (Å²) in [5.41, 5.74) is -0.181. The van der Waals surface area contributed by atoms with Gasteiger partial charge in [-0.2, -0.15) is 13.2 Å². The van der Waals surface area contributed by atoms with Gasteiger partial charge in [0.25, 0.3) is 5.69 Å². The van der Waals surface area contributed by atoms with E-state index in [9.17, 15) is 23.3 Å². The second-order valence-corrected chi connectivity index (χ2v) is 4.58. The topological polar surface area (TPSA) is 58.4 Å². The molecule has 1 aromatic rings. The van der Waals surface area contributed by atoms with Gasteiger partial charge in [0.1, 0.15) is 6.04 Å². The summed E-state index contributed by atoms with van der Waals surface area (Å²) in [6.45, 7) is 1.58. The van der Waals surface area contributed by atoms with Crippen LogP contribution in [0.4, 0.5) is 18.9 Å². The van der Waals surface area contributed by atoms with Crippen molar-refractivity contribution in [3.8, 4) is 0 Å². The Labute approximate surface area is 113 Å². The predicted molar refractivity (Wildman–Crippen MR) is 66.3 cm³/mol. The Balaban J connectivity index is 2.28. The molecule has 0 amide bonds. The SMILES string of the molecule is O=[N+]([O-])c1ccc([C@@H](N2CCNCC2)C(F)(F)F)cc1. The van der Waals surface area contributed by atoms with Crippen LogP contribution >= 0.6 is 0 Å². The van der Waals surface area contributed by atoms with E-state index in [1.807, 2.05) is 0 Å². The molecule has 0 unspecified atom stereocenters. The van der Waals surface area contributed by atoms with E-state index in [1.54, 1.807) is 0 Å². The molecular formula is C12H14F3N3O2. The number of hydrogen-bond donors (Lipinski definition) is 1. The molecule has 0 radical (unpaired) electrons. The van der Waals surface area contributed by atoms with Gasteiger partial charge >= 0.3 is 6.18 Å². The number of rotatable bonds is 3. The van der Waals surface area contributed by atoms with Crippen molar-refractivity contribution in [2.75, 3.05) is 26.2 Å². The van der Waals surface area contributed by atoms with Crippen molar-refractivity contribution in [3.63, 3.8) is 0 Å². The highest BCUT2D eigenvalue weighted by Gasteiger charge is 2.44. The predicted octanol–water partition coefficient (Wildman–Crippen LogP) is 2.10. The van der Waals surface area contributed by atoms with Crippen LogP contribution in [-0.4, -0.2) is 42.2 Å². The maximum Gasteiger partial charge on any atom is 0.408 e. The number of piperazine rings is 1. The lowest BCUT2D eigenvalue weighted by Gasteiger charge is -2.36. The molecule has 1 aliphatic rings. The van der Waals surface area contributed by atoms with Crippen LogP contribution in [0.15, 0.2) is 24.3 Å². The molecule has 1 fully saturated rings. The Hall–Kier alpha value is -1.67. The molecule has 1 N–H and O–H groups in total. The molecule has 1 aromatic carbocycles. The van der Waals surface area contributed by atoms with Gasteiger partial charge in [-0.05, 0) is 5.56 Å². The van der Waals surface area contributed by atoms with Crippen LogP contribution in [0.1, 0.15) is 11.6 Å². The maximum atomic E-state index is 13.3. The molecule has 0 spiro atoms. The van der Waals surface area contributed by atoms with E-state index in [1.165, 1.54) is 17.0 Å². The molecule has 1 saturated heterocycles. The zero-order valence-corrected chi connectivity index (χ0v) is 10.6. The van der Waals surface area contributed by atoms with Gasteiger partial charge in [-0.1, -0.05) is 12.1 Å². The van der Waals surface area contributed by atoms with Crippen LogP contribution in [0.3, 0.4) is 0 Å². The van der Waals surface area contributed by atoms with Crippen LogP contribution in [0, 0.1) is 10.1 Å². The first-order valence-electron chi connectivity index (χ1n) is 6.15. The third kappa shape index (κ3) is 3.26. The van der Waals surface area contributed by atoms with E-state index in [0.29, 0.717) is 26.2 Å². The quantitative estimate of drug-likeness (QED) is 0.684. The summed E-state index contributed by atoms with van der Waals surface area (Å²) in [7, 11) is 0. The van der Waals surface area contributed by atoms with Gasteiger partial charge < -0.3 is 5.32 Å². The van der Waals surface area contributed by atoms with E-state index in [-0.39, 0.29) is 11.3 Å². The van der Waals surface area contributed by atoms with Crippen molar-refractivity contribution >= 4 is 5.69 Å². The molecule has 0 aromatic heterocycles. The molecule has 1 heterocycles. The highest BCUT2D eigenvalue weighted by atomic mass is 19.4. The minimum atomic E-state index is -4.41. The molecule has 0 bridgehead atoms. The molecule has 1 atom stereocenters. The first-order valence-corrected chi connectivity index (χ1v) is 6.15. The summed E-state index contributed by atoms with van der Waals surface area (Å²) in [5, 5.41) is 13.5. The highest BCUT2D eigenvalue weighted by Crippen LogP contribution is 2.38. The molecule has 20 heavy (non-hydrogen) atoms. The molecular weight excluding hydrogens is 275 g/mol. The Morgan fingerprint density at radius 1 is 1.20 bits per heavy atom. The zero-order valence-electron chi connectivity index (χ0n) is 10.6. The van der Waals surface area contributed by atoms with Gasteiger partial charge in [0.2, 0.25) is 0 Å². The van der Waals surface area contributed by atoms with E-state index in [2.05, 4.69) is 5.32 Å². The van der Waals surface area contributed by atoms with Crippen molar-refractivity contribution in [1.82, 2.24) is 10.2 Å². The first-order chi connectivity index (χ1) is 9.39. The smallest absolute Gasteiger partial charge is 0.314 e. The number of alkyl halides is 3. The molecule has 1 aliphatic heterocycles. The molecule has 2 rings (SSSR count). The van der Waals surface area contributed by atoms with Crippen LogP contribution < -0.4 is 5.32 Å². The van der Waals surface area contributed by atoms with E-state index in [0.717, 1.165) is 12.1 Å². The molecule has 8 heteroatoms. The van der Waals surface area contributed by atoms with Crippen LogP contribution in [0.5, 0.6) is 0 Å². The van der Waals surface area contributed by atoms with E-state index >= 15 is 0 Å². The lowest BCUT2D eigenvalue weighted by atomic mass is 10.0. The van der Waals surface area contributed by atoms with Gasteiger partial charge in [0, 0.05) is 38.3 Å². The highest BCUT2D eigenvalue weighted by molar-refractivity contribution is 5.34. The fourth-order valence-corrected chi connectivity index (χ4v) is 2.33. The van der Waals surface area contributed by atoms with Crippen molar-refractivity contribution in [1.29, 1.82) is 0 Å². The number of nitrogens with zero attached hydrogens (tertiary/aromatic N) is 2. The summed E-state index contributed by atoms with van der Waals surface area (Å²) in [6.07, 6.45) is -4.41. The molecule has 5 nitrogen and oxygen atoms in total. The van der Waals surface area contributed by atoms with Crippen molar-refractivity contribution < 1.29 is 18.1 Å². The third-order valence-electron chi connectivity index (χ3n) is 3.25. The third-order valence-corrected chi connectivity index (χ3v) is 3.25. The van der Waals surface area contributed by atoms with Crippen LogP contribution in [-0.2, 0) is 0 Å².